The number of ether oxygens (including phenoxy) is 1. The minimum Gasteiger partial charge on any atom is -0.488 e. The monoisotopic (exact) mass is 167 g/mol. The van der Waals surface area contributed by atoms with Crippen LogP contribution in [0.5, 0.6) is 5.75 Å². The molecule has 0 aliphatic carbocycles. The van der Waals surface area contributed by atoms with Gasteiger partial charge in [0.15, 0.2) is 11.6 Å². The topological polar surface area (TPSA) is 35.2 Å². The Labute approximate surface area is 70.1 Å². The summed E-state index contributed by atoms with van der Waals surface area (Å²) in [5.74, 6) is 0.0195. The molecular weight excluding hydrogens is 157 g/mol. The van der Waals surface area contributed by atoms with Gasteiger partial charge in [0.2, 0.25) is 0 Å². The molecule has 2 rings (SSSR count). The molecule has 0 bridgehead atoms. The lowest BCUT2D eigenvalue weighted by molar-refractivity contribution is 0.319. The first-order valence-corrected chi connectivity index (χ1v) is 3.87. The van der Waals surface area contributed by atoms with Gasteiger partial charge in [-0.05, 0) is 18.6 Å². The van der Waals surface area contributed by atoms with Gasteiger partial charge < -0.3 is 10.5 Å². The molecule has 0 unspecified atom stereocenters. The van der Waals surface area contributed by atoms with Crippen molar-refractivity contribution in [3.05, 3.63) is 29.1 Å². The summed E-state index contributed by atoms with van der Waals surface area (Å²) < 4.78 is 18.2. The Bertz CT molecular complexity index is 325. The summed E-state index contributed by atoms with van der Waals surface area (Å²) in [5.41, 5.74) is 7.54. The van der Waals surface area contributed by atoms with E-state index in [1.807, 2.05) is 6.92 Å². The SMILES string of the molecule is Cc1ccc(F)c2c1[C@H](N)CO2. The summed E-state index contributed by atoms with van der Waals surface area (Å²) in [6, 6.07) is 2.96. The van der Waals surface area contributed by atoms with Crippen molar-refractivity contribution in [2.24, 2.45) is 5.73 Å². The highest BCUT2D eigenvalue weighted by Gasteiger charge is 2.25. The van der Waals surface area contributed by atoms with E-state index < -0.39 is 0 Å². The lowest BCUT2D eigenvalue weighted by Gasteiger charge is -2.04. The molecule has 0 saturated heterocycles. The van der Waals surface area contributed by atoms with Crippen LogP contribution in [0.2, 0.25) is 0 Å². The Morgan fingerprint density at radius 1 is 1.58 bits per heavy atom. The van der Waals surface area contributed by atoms with Crippen molar-refractivity contribution in [1.82, 2.24) is 0 Å². The van der Waals surface area contributed by atoms with Crippen molar-refractivity contribution in [2.45, 2.75) is 13.0 Å². The molecule has 1 aliphatic rings. The Kier molecular flexibility index (Phi) is 1.54. The highest BCUT2D eigenvalue weighted by molar-refractivity contribution is 5.45. The first-order chi connectivity index (χ1) is 5.70. The number of nitrogens with two attached hydrogens (primary N) is 1. The van der Waals surface area contributed by atoms with Gasteiger partial charge in [0.05, 0.1) is 6.04 Å². The first-order valence-electron chi connectivity index (χ1n) is 3.87. The highest BCUT2D eigenvalue weighted by Crippen LogP contribution is 2.35. The Balaban J connectivity index is 2.64. The molecule has 0 amide bonds. The van der Waals surface area contributed by atoms with Gasteiger partial charge in [-0.2, -0.15) is 0 Å². The summed E-state index contributed by atoms with van der Waals surface area (Å²) in [5, 5.41) is 0. The third kappa shape index (κ3) is 0.898. The molecule has 12 heavy (non-hydrogen) atoms. The molecule has 1 aliphatic heterocycles. The summed E-state index contributed by atoms with van der Waals surface area (Å²) in [4.78, 5) is 0. The van der Waals surface area contributed by atoms with Gasteiger partial charge in [-0.1, -0.05) is 6.07 Å². The van der Waals surface area contributed by atoms with Crippen LogP contribution < -0.4 is 10.5 Å². The van der Waals surface area contributed by atoms with E-state index >= 15 is 0 Å². The van der Waals surface area contributed by atoms with Crippen LogP contribution in [0.15, 0.2) is 12.1 Å². The zero-order valence-electron chi connectivity index (χ0n) is 6.80. The average molecular weight is 167 g/mol. The summed E-state index contributed by atoms with van der Waals surface area (Å²) in [6.45, 7) is 2.30. The van der Waals surface area contributed by atoms with Gasteiger partial charge in [0.25, 0.3) is 0 Å². The largest absolute Gasteiger partial charge is 0.488 e. The fraction of sp³-hybridized carbons (Fsp3) is 0.333. The van der Waals surface area contributed by atoms with Gasteiger partial charge in [-0.3, -0.25) is 0 Å². The van der Waals surface area contributed by atoms with Gasteiger partial charge >= 0.3 is 0 Å². The number of aryl methyl sites for hydroxylation is 1. The quantitative estimate of drug-likeness (QED) is 0.636. The van der Waals surface area contributed by atoms with Crippen LogP contribution in [0.25, 0.3) is 0 Å². The van der Waals surface area contributed by atoms with Crippen LogP contribution in [0.4, 0.5) is 4.39 Å². The molecule has 0 saturated carbocycles. The van der Waals surface area contributed by atoms with Crippen LogP contribution >= 0.6 is 0 Å². The van der Waals surface area contributed by atoms with E-state index in [1.54, 1.807) is 6.07 Å². The maximum absolute atomic E-state index is 13.1. The fourth-order valence-electron chi connectivity index (χ4n) is 1.54. The molecule has 1 aromatic carbocycles. The van der Waals surface area contributed by atoms with E-state index in [9.17, 15) is 4.39 Å². The molecule has 2 nitrogen and oxygen atoms in total. The number of halogens is 1. The Hall–Kier alpha value is -1.09. The normalized spacial score (nSPS) is 20.4. The predicted molar refractivity (Wildman–Crippen MR) is 43.6 cm³/mol. The van der Waals surface area contributed by atoms with E-state index in [0.29, 0.717) is 12.4 Å². The fourth-order valence-corrected chi connectivity index (χ4v) is 1.54. The minimum absolute atomic E-state index is 0.171. The molecule has 0 aromatic heterocycles. The summed E-state index contributed by atoms with van der Waals surface area (Å²) in [6.07, 6.45) is 0. The number of hydrogen-bond acceptors (Lipinski definition) is 2. The zero-order valence-corrected chi connectivity index (χ0v) is 6.80. The molecule has 2 N–H and O–H groups in total. The maximum Gasteiger partial charge on any atom is 0.165 e. The van der Waals surface area contributed by atoms with Crippen LogP contribution in [0.1, 0.15) is 17.2 Å². The van der Waals surface area contributed by atoms with E-state index in [1.165, 1.54) is 6.07 Å². The van der Waals surface area contributed by atoms with Crippen molar-refractivity contribution in [2.75, 3.05) is 6.61 Å². The van der Waals surface area contributed by atoms with Crippen molar-refractivity contribution in [3.8, 4) is 5.75 Å². The van der Waals surface area contributed by atoms with Crippen LogP contribution in [-0.4, -0.2) is 6.61 Å². The van der Waals surface area contributed by atoms with E-state index in [4.69, 9.17) is 10.5 Å². The summed E-state index contributed by atoms with van der Waals surface area (Å²) >= 11 is 0. The number of rotatable bonds is 0. The van der Waals surface area contributed by atoms with Crippen molar-refractivity contribution < 1.29 is 9.13 Å². The van der Waals surface area contributed by atoms with Crippen LogP contribution in [0, 0.1) is 12.7 Å². The highest BCUT2D eigenvalue weighted by atomic mass is 19.1. The lowest BCUT2D eigenvalue weighted by atomic mass is 10.0. The number of benzene rings is 1. The second kappa shape index (κ2) is 2.45. The predicted octanol–water partition coefficient (Wildman–Crippen LogP) is 1.53. The Morgan fingerprint density at radius 2 is 2.33 bits per heavy atom. The maximum atomic E-state index is 13.1. The zero-order chi connectivity index (χ0) is 8.72. The van der Waals surface area contributed by atoms with Crippen molar-refractivity contribution in [3.63, 3.8) is 0 Å². The van der Waals surface area contributed by atoms with Gasteiger partial charge in [-0.25, -0.2) is 4.39 Å². The van der Waals surface area contributed by atoms with Gasteiger partial charge in [-0.15, -0.1) is 0 Å². The number of hydrogen-bond donors (Lipinski definition) is 1. The molecule has 3 heteroatoms. The van der Waals surface area contributed by atoms with Crippen LogP contribution in [0.3, 0.4) is 0 Å². The minimum atomic E-state index is -0.316. The first kappa shape index (κ1) is 7.55. The second-order valence-corrected chi connectivity index (χ2v) is 3.02. The van der Waals surface area contributed by atoms with Gasteiger partial charge in [0.1, 0.15) is 6.61 Å². The van der Waals surface area contributed by atoms with E-state index in [0.717, 1.165) is 11.1 Å². The van der Waals surface area contributed by atoms with Crippen molar-refractivity contribution in [1.29, 1.82) is 0 Å². The van der Waals surface area contributed by atoms with E-state index in [2.05, 4.69) is 0 Å². The molecule has 0 radical (unpaired) electrons. The second-order valence-electron chi connectivity index (χ2n) is 3.02. The molecule has 1 heterocycles. The molecule has 1 atom stereocenters. The average Bonchev–Trinajstić information content (AvgIpc) is 2.42. The Morgan fingerprint density at radius 3 is 3.00 bits per heavy atom. The smallest absolute Gasteiger partial charge is 0.165 e. The van der Waals surface area contributed by atoms with Crippen molar-refractivity contribution >= 4 is 0 Å². The molecular formula is C9H10FNO. The third-order valence-corrected chi connectivity index (χ3v) is 2.14. The third-order valence-electron chi connectivity index (χ3n) is 2.14. The van der Waals surface area contributed by atoms with E-state index in [-0.39, 0.29) is 11.9 Å². The summed E-state index contributed by atoms with van der Waals surface area (Å²) in [7, 11) is 0. The molecule has 1 aromatic rings. The standard InChI is InChI=1S/C9H10FNO/c1-5-2-3-6(10)9-8(5)7(11)4-12-9/h2-3,7H,4,11H2,1H3/t7-/m1/s1. The number of fused-ring (bicyclic) bond motifs is 1. The molecule has 0 spiro atoms. The molecule has 0 fully saturated rings. The lowest BCUT2D eigenvalue weighted by Crippen LogP contribution is -2.11. The molecule has 64 valence electrons. The van der Waals surface area contributed by atoms with Gasteiger partial charge in [0, 0.05) is 5.56 Å². The van der Waals surface area contributed by atoms with Crippen LogP contribution in [-0.2, 0) is 0 Å².